The molecule has 0 saturated carbocycles. The highest BCUT2D eigenvalue weighted by Gasteiger charge is 2.18. The van der Waals surface area contributed by atoms with Crippen LogP contribution in [0, 0.1) is 5.82 Å². The molecule has 0 radical (unpaired) electrons. The van der Waals surface area contributed by atoms with Gasteiger partial charge >= 0.3 is 5.97 Å². The number of halogens is 2. The van der Waals surface area contributed by atoms with E-state index in [9.17, 15) is 9.18 Å². The van der Waals surface area contributed by atoms with Gasteiger partial charge in [-0.05, 0) is 35.0 Å². The second-order valence-corrected chi connectivity index (χ2v) is 4.12. The molecule has 0 unspecified atom stereocenters. The summed E-state index contributed by atoms with van der Waals surface area (Å²) in [5.74, 6) is -1.23. The largest absolute Gasteiger partial charge is 0.461 e. The highest BCUT2D eigenvalue weighted by molar-refractivity contribution is 9.10. The van der Waals surface area contributed by atoms with Gasteiger partial charge in [0, 0.05) is 22.3 Å². The second-order valence-electron chi connectivity index (χ2n) is 3.20. The molecule has 0 spiro atoms. The third-order valence-electron chi connectivity index (χ3n) is 2.15. The molecule has 2 rings (SSSR count). The lowest BCUT2D eigenvalue weighted by molar-refractivity contribution is 0.0513. The number of pyridine rings is 1. The van der Waals surface area contributed by atoms with Crippen molar-refractivity contribution in [2.24, 2.45) is 0 Å². The van der Waals surface area contributed by atoms with Crippen molar-refractivity contribution in [1.29, 1.82) is 0 Å². The second kappa shape index (κ2) is 4.25. The molecule has 0 bridgehead atoms. The lowest BCUT2D eigenvalue weighted by Gasteiger charge is -2.03. The normalized spacial score (nSPS) is 10.7. The summed E-state index contributed by atoms with van der Waals surface area (Å²) in [6.07, 6.45) is 1.63. The number of esters is 1. The minimum Gasteiger partial charge on any atom is -0.461 e. The molecule has 0 fully saturated rings. The van der Waals surface area contributed by atoms with E-state index < -0.39 is 11.8 Å². The predicted octanol–water partition coefficient (Wildman–Crippen LogP) is 3.02. The number of fused-ring (bicyclic) bond motifs is 1. The highest BCUT2D eigenvalue weighted by atomic mass is 79.9. The molecule has 0 N–H and O–H groups in total. The van der Waals surface area contributed by atoms with Crippen LogP contribution >= 0.6 is 15.9 Å². The van der Waals surface area contributed by atoms with Crippen LogP contribution in [-0.4, -0.2) is 17.0 Å². The number of rotatable bonds is 2. The molecule has 0 saturated heterocycles. The van der Waals surface area contributed by atoms with Gasteiger partial charge in [0.2, 0.25) is 0 Å². The topological polar surface area (TPSA) is 30.7 Å². The SMILES string of the molecule is CCOC(=O)c1c(F)cc2ccc(Br)cn12. The Morgan fingerprint density at radius 1 is 1.56 bits per heavy atom. The maximum absolute atomic E-state index is 13.6. The third kappa shape index (κ3) is 1.82. The molecule has 16 heavy (non-hydrogen) atoms. The molecule has 0 amide bonds. The van der Waals surface area contributed by atoms with Gasteiger partial charge < -0.3 is 9.14 Å². The summed E-state index contributed by atoms with van der Waals surface area (Å²) < 4.78 is 20.6. The van der Waals surface area contributed by atoms with E-state index in [1.807, 2.05) is 0 Å². The lowest BCUT2D eigenvalue weighted by Crippen LogP contribution is -2.09. The first-order valence-electron chi connectivity index (χ1n) is 4.76. The zero-order valence-corrected chi connectivity index (χ0v) is 10.1. The van der Waals surface area contributed by atoms with Gasteiger partial charge in [-0.1, -0.05) is 0 Å². The van der Waals surface area contributed by atoms with Gasteiger partial charge in [0.25, 0.3) is 0 Å². The number of ether oxygens (including phenoxy) is 1. The monoisotopic (exact) mass is 285 g/mol. The van der Waals surface area contributed by atoms with Gasteiger partial charge in [0.05, 0.1) is 6.61 Å². The van der Waals surface area contributed by atoms with Crippen molar-refractivity contribution in [2.45, 2.75) is 6.92 Å². The quantitative estimate of drug-likeness (QED) is 0.794. The van der Waals surface area contributed by atoms with Crippen molar-refractivity contribution in [3.63, 3.8) is 0 Å². The molecular formula is C11H9BrFNO2. The number of nitrogens with zero attached hydrogens (tertiary/aromatic N) is 1. The third-order valence-corrected chi connectivity index (χ3v) is 2.62. The van der Waals surface area contributed by atoms with Crippen molar-refractivity contribution < 1.29 is 13.9 Å². The highest BCUT2D eigenvalue weighted by Crippen LogP contribution is 2.19. The number of carbonyl (C=O) groups is 1. The first-order valence-corrected chi connectivity index (χ1v) is 5.56. The Bertz CT molecular complexity index is 550. The van der Waals surface area contributed by atoms with Crippen LogP contribution < -0.4 is 0 Å². The van der Waals surface area contributed by atoms with Gasteiger partial charge in [-0.25, -0.2) is 9.18 Å². The Labute approximate surface area is 100.0 Å². The molecule has 0 atom stereocenters. The van der Waals surface area contributed by atoms with E-state index in [-0.39, 0.29) is 12.3 Å². The fourth-order valence-electron chi connectivity index (χ4n) is 1.51. The Morgan fingerprint density at radius 3 is 3.00 bits per heavy atom. The van der Waals surface area contributed by atoms with Gasteiger partial charge in [-0.2, -0.15) is 0 Å². The zero-order chi connectivity index (χ0) is 11.7. The number of hydrogen-bond donors (Lipinski definition) is 0. The number of aromatic nitrogens is 1. The number of hydrogen-bond acceptors (Lipinski definition) is 2. The van der Waals surface area contributed by atoms with Gasteiger partial charge in [-0.15, -0.1) is 0 Å². The average Bonchev–Trinajstić information content (AvgIpc) is 2.53. The Morgan fingerprint density at radius 2 is 2.31 bits per heavy atom. The molecule has 2 aromatic heterocycles. The van der Waals surface area contributed by atoms with E-state index in [4.69, 9.17) is 4.74 Å². The van der Waals surface area contributed by atoms with Crippen LogP contribution in [0.1, 0.15) is 17.4 Å². The van der Waals surface area contributed by atoms with Crippen molar-refractivity contribution in [1.82, 2.24) is 4.40 Å². The molecule has 0 aliphatic carbocycles. The Kier molecular flexibility index (Phi) is 2.96. The van der Waals surface area contributed by atoms with Crippen molar-refractivity contribution in [3.8, 4) is 0 Å². The fraction of sp³-hybridized carbons (Fsp3) is 0.182. The molecule has 5 heteroatoms. The zero-order valence-electron chi connectivity index (χ0n) is 8.54. The molecule has 0 aliphatic heterocycles. The molecule has 2 aromatic rings. The molecule has 3 nitrogen and oxygen atoms in total. The van der Waals surface area contributed by atoms with Crippen molar-refractivity contribution in [3.05, 3.63) is 40.4 Å². The van der Waals surface area contributed by atoms with Crippen LogP contribution in [-0.2, 0) is 4.74 Å². The molecule has 0 aromatic carbocycles. The Balaban J connectivity index is 2.62. The van der Waals surface area contributed by atoms with E-state index >= 15 is 0 Å². The predicted molar refractivity (Wildman–Crippen MR) is 61.0 cm³/mol. The molecular weight excluding hydrogens is 277 g/mol. The smallest absolute Gasteiger partial charge is 0.358 e. The first-order chi connectivity index (χ1) is 7.63. The van der Waals surface area contributed by atoms with E-state index in [1.165, 1.54) is 10.5 Å². The van der Waals surface area contributed by atoms with E-state index in [2.05, 4.69) is 15.9 Å². The fourth-order valence-corrected chi connectivity index (χ4v) is 1.84. The minimum atomic E-state index is -0.655. The lowest BCUT2D eigenvalue weighted by atomic mass is 10.4. The molecule has 84 valence electrons. The van der Waals surface area contributed by atoms with Gasteiger partial charge in [0.15, 0.2) is 11.5 Å². The standard InChI is InChI=1S/C11H9BrFNO2/c1-2-16-11(15)10-9(13)5-8-4-3-7(12)6-14(8)10/h3-6H,2H2,1H3. The van der Waals surface area contributed by atoms with Crippen LogP contribution in [0.25, 0.3) is 5.52 Å². The van der Waals surface area contributed by atoms with Crippen LogP contribution in [0.4, 0.5) is 4.39 Å². The van der Waals surface area contributed by atoms with Crippen molar-refractivity contribution >= 4 is 27.4 Å². The van der Waals surface area contributed by atoms with E-state index in [0.717, 1.165) is 4.47 Å². The van der Waals surface area contributed by atoms with Crippen LogP contribution in [0.3, 0.4) is 0 Å². The first kappa shape index (κ1) is 11.1. The summed E-state index contributed by atoms with van der Waals surface area (Å²) in [4.78, 5) is 11.6. The molecule has 2 heterocycles. The van der Waals surface area contributed by atoms with Crippen LogP contribution in [0.5, 0.6) is 0 Å². The summed E-state index contributed by atoms with van der Waals surface area (Å²) in [5.41, 5.74) is 0.543. The summed E-state index contributed by atoms with van der Waals surface area (Å²) in [6.45, 7) is 1.90. The van der Waals surface area contributed by atoms with E-state index in [0.29, 0.717) is 5.52 Å². The summed E-state index contributed by atoms with van der Waals surface area (Å²) in [5, 5.41) is 0. The number of carbonyl (C=O) groups excluding carboxylic acids is 1. The van der Waals surface area contributed by atoms with Crippen LogP contribution in [0.15, 0.2) is 28.9 Å². The van der Waals surface area contributed by atoms with Gasteiger partial charge in [0.1, 0.15) is 0 Å². The Hall–Kier alpha value is -1.36. The maximum atomic E-state index is 13.6. The van der Waals surface area contributed by atoms with Gasteiger partial charge in [-0.3, -0.25) is 0 Å². The average molecular weight is 286 g/mol. The summed E-state index contributed by atoms with van der Waals surface area (Å²) >= 11 is 3.27. The van der Waals surface area contributed by atoms with E-state index in [1.54, 1.807) is 25.3 Å². The maximum Gasteiger partial charge on any atom is 0.358 e. The van der Waals surface area contributed by atoms with Crippen LogP contribution in [0.2, 0.25) is 0 Å². The summed E-state index contributed by atoms with van der Waals surface area (Å²) in [7, 11) is 0. The minimum absolute atomic E-state index is 0.0712. The summed E-state index contributed by atoms with van der Waals surface area (Å²) in [6, 6.07) is 4.80. The van der Waals surface area contributed by atoms with Crippen molar-refractivity contribution in [2.75, 3.05) is 6.61 Å². The molecule has 0 aliphatic rings.